The van der Waals surface area contributed by atoms with Crippen LogP contribution in [0.1, 0.15) is 23.0 Å². The molecule has 0 aliphatic carbocycles. The number of nitrogens with zero attached hydrogens (tertiary/aromatic N) is 2. The summed E-state index contributed by atoms with van der Waals surface area (Å²) in [5.74, 6) is 0.724. The smallest absolute Gasteiger partial charge is 0.321 e. The molecule has 0 radical (unpaired) electrons. The van der Waals surface area contributed by atoms with Crippen molar-refractivity contribution >= 4 is 28.5 Å². The van der Waals surface area contributed by atoms with Crippen LogP contribution in [-0.4, -0.2) is 59.5 Å². The maximum absolute atomic E-state index is 12.9. The van der Waals surface area contributed by atoms with Crippen LogP contribution in [0.4, 0.5) is 10.5 Å². The van der Waals surface area contributed by atoms with Crippen molar-refractivity contribution in [3.63, 3.8) is 0 Å². The Hall–Kier alpha value is -3.48. The lowest BCUT2D eigenvalue weighted by Gasteiger charge is -2.34. The van der Waals surface area contributed by atoms with Gasteiger partial charge < -0.3 is 24.8 Å². The van der Waals surface area contributed by atoms with Crippen LogP contribution in [0.25, 0.3) is 10.9 Å². The van der Waals surface area contributed by atoms with Crippen LogP contribution in [0.3, 0.4) is 0 Å². The van der Waals surface area contributed by atoms with Gasteiger partial charge in [0.15, 0.2) is 0 Å². The quantitative estimate of drug-likeness (QED) is 0.691. The second kappa shape index (κ2) is 8.49. The Morgan fingerprint density at radius 2 is 1.80 bits per heavy atom. The van der Waals surface area contributed by atoms with E-state index in [0.717, 1.165) is 27.9 Å². The molecule has 7 heteroatoms. The van der Waals surface area contributed by atoms with Gasteiger partial charge in [0.1, 0.15) is 11.4 Å². The standard InChI is InChI=1S/C23H26N4O3/c1-3-30-19-8-7-17-14-21(25-20(17)15-19)22(28)26-9-11-27(12-10-26)23(29)24-18-6-4-5-16(2)13-18/h4-8,13-15,25H,3,9-12H2,1-2H3,(H,24,29). The van der Waals surface area contributed by atoms with E-state index in [2.05, 4.69) is 10.3 Å². The number of carbonyl (C=O) groups excluding carboxylic acids is 2. The lowest BCUT2D eigenvalue weighted by molar-refractivity contribution is 0.0667. The molecule has 3 aromatic rings. The molecule has 1 aliphatic heterocycles. The Kier molecular flexibility index (Phi) is 5.61. The number of nitrogens with one attached hydrogen (secondary N) is 2. The molecule has 0 atom stereocenters. The highest BCUT2D eigenvalue weighted by molar-refractivity contribution is 5.98. The first-order valence-electron chi connectivity index (χ1n) is 10.2. The molecule has 1 saturated heterocycles. The highest BCUT2D eigenvalue weighted by Crippen LogP contribution is 2.22. The van der Waals surface area contributed by atoms with Gasteiger partial charge in [-0.3, -0.25) is 4.79 Å². The number of ether oxygens (including phenoxy) is 1. The highest BCUT2D eigenvalue weighted by atomic mass is 16.5. The van der Waals surface area contributed by atoms with Crippen molar-refractivity contribution in [1.29, 1.82) is 0 Å². The largest absolute Gasteiger partial charge is 0.494 e. The maximum atomic E-state index is 12.9. The first-order chi connectivity index (χ1) is 14.5. The molecular weight excluding hydrogens is 380 g/mol. The minimum Gasteiger partial charge on any atom is -0.494 e. The third-order valence-electron chi connectivity index (χ3n) is 5.26. The van der Waals surface area contributed by atoms with E-state index in [1.54, 1.807) is 9.80 Å². The Bertz CT molecular complexity index is 1070. The Balaban J connectivity index is 1.37. The van der Waals surface area contributed by atoms with Gasteiger partial charge in [0, 0.05) is 48.8 Å². The van der Waals surface area contributed by atoms with Crippen LogP contribution >= 0.6 is 0 Å². The molecule has 156 valence electrons. The summed E-state index contributed by atoms with van der Waals surface area (Å²) in [4.78, 5) is 32.2. The number of hydrogen-bond acceptors (Lipinski definition) is 3. The average molecular weight is 406 g/mol. The number of benzene rings is 2. The third-order valence-corrected chi connectivity index (χ3v) is 5.26. The van der Waals surface area contributed by atoms with Crippen LogP contribution in [0.15, 0.2) is 48.5 Å². The molecule has 1 fully saturated rings. The topological polar surface area (TPSA) is 77.7 Å². The van der Waals surface area contributed by atoms with Crippen molar-refractivity contribution in [1.82, 2.24) is 14.8 Å². The minimum atomic E-state index is -0.137. The predicted octanol–water partition coefficient (Wildman–Crippen LogP) is 3.86. The number of aryl methyl sites for hydroxylation is 1. The zero-order valence-electron chi connectivity index (χ0n) is 17.3. The molecular formula is C23H26N4O3. The fourth-order valence-electron chi connectivity index (χ4n) is 3.69. The normalized spacial score (nSPS) is 14.1. The van der Waals surface area contributed by atoms with Gasteiger partial charge >= 0.3 is 6.03 Å². The number of anilines is 1. The van der Waals surface area contributed by atoms with E-state index in [9.17, 15) is 9.59 Å². The van der Waals surface area contributed by atoms with Crippen LogP contribution in [0, 0.1) is 6.92 Å². The molecule has 2 aromatic carbocycles. The summed E-state index contributed by atoms with van der Waals surface area (Å²) in [7, 11) is 0. The van der Waals surface area contributed by atoms with E-state index in [-0.39, 0.29) is 11.9 Å². The van der Waals surface area contributed by atoms with Crippen molar-refractivity contribution in [3.05, 3.63) is 59.8 Å². The monoisotopic (exact) mass is 406 g/mol. The summed E-state index contributed by atoms with van der Waals surface area (Å²) in [6.45, 7) is 6.52. The molecule has 1 aromatic heterocycles. The van der Waals surface area contributed by atoms with E-state index in [0.29, 0.717) is 38.5 Å². The van der Waals surface area contributed by atoms with Crippen LogP contribution in [0.2, 0.25) is 0 Å². The van der Waals surface area contributed by atoms with Gasteiger partial charge in [0.25, 0.3) is 5.91 Å². The number of hydrogen-bond donors (Lipinski definition) is 2. The highest BCUT2D eigenvalue weighted by Gasteiger charge is 2.25. The molecule has 0 bridgehead atoms. The van der Waals surface area contributed by atoms with E-state index in [1.165, 1.54) is 0 Å². The van der Waals surface area contributed by atoms with Crippen molar-refractivity contribution in [2.24, 2.45) is 0 Å². The Morgan fingerprint density at radius 3 is 2.53 bits per heavy atom. The lowest BCUT2D eigenvalue weighted by atomic mass is 10.2. The van der Waals surface area contributed by atoms with Crippen molar-refractivity contribution in [3.8, 4) is 5.75 Å². The van der Waals surface area contributed by atoms with Crippen LogP contribution in [0.5, 0.6) is 5.75 Å². The van der Waals surface area contributed by atoms with Crippen molar-refractivity contribution in [2.45, 2.75) is 13.8 Å². The number of H-pyrrole nitrogens is 1. The minimum absolute atomic E-state index is 0.0529. The molecule has 0 spiro atoms. The summed E-state index contributed by atoms with van der Waals surface area (Å²) in [5.41, 5.74) is 3.30. The number of aromatic amines is 1. The Morgan fingerprint density at radius 1 is 1.03 bits per heavy atom. The zero-order valence-corrected chi connectivity index (χ0v) is 17.3. The van der Waals surface area contributed by atoms with Gasteiger partial charge in [-0.2, -0.15) is 0 Å². The van der Waals surface area contributed by atoms with Crippen LogP contribution < -0.4 is 10.1 Å². The second-order valence-electron chi connectivity index (χ2n) is 7.44. The molecule has 1 aliphatic rings. The molecule has 3 amide bonds. The molecule has 0 unspecified atom stereocenters. The lowest BCUT2D eigenvalue weighted by Crippen LogP contribution is -2.51. The van der Waals surface area contributed by atoms with Gasteiger partial charge in [-0.25, -0.2) is 4.79 Å². The van der Waals surface area contributed by atoms with Crippen molar-refractivity contribution < 1.29 is 14.3 Å². The number of piperazine rings is 1. The number of rotatable bonds is 4. The van der Waals surface area contributed by atoms with Crippen molar-refractivity contribution in [2.75, 3.05) is 38.1 Å². The predicted molar refractivity (Wildman–Crippen MR) is 117 cm³/mol. The Labute approximate surface area is 175 Å². The fourth-order valence-corrected chi connectivity index (χ4v) is 3.69. The van der Waals surface area contributed by atoms with Gasteiger partial charge in [-0.1, -0.05) is 12.1 Å². The molecule has 30 heavy (non-hydrogen) atoms. The van der Waals surface area contributed by atoms with E-state index in [4.69, 9.17) is 4.74 Å². The second-order valence-corrected chi connectivity index (χ2v) is 7.44. The summed E-state index contributed by atoms with van der Waals surface area (Å²) in [6, 6.07) is 15.2. The van der Waals surface area contributed by atoms with E-state index < -0.39 is 0 Å². The number of urea groups is 1. The average Bonchev–Trinajstić information content (AvgIpc) is 3.17. The number of amides is 3. The van der Waals surface area contributed by atoms with E-state index in [1.807, 2.05) is 62.4 Å². The zero-order chi connectivity index (χ0) is 21.1. The van der Waals surface area contributed by atoms with E-state index >= 15 is 0 Å². The maximum Gasteiger partial charge on any atom is 0.321 e. The SMILES string of the molecule is CCOc1ccc2cc(C(=O)N3CCN(C(=O)Nc4cccc(C)c4)CC3)[nH]c2c1. The number of aromatic nitrogens is 1. The summed E-state index contributed by atoms with van der Waals surface area (Å²) >= 11 is 0. The van der Waals surface area contributed by atoms with Gasteiger partial charge in [0.2, 0.25) is 0 Å². The van der Waals surface area contributed by atoms with Crippen LogP contribution in [-0.2, 0) is 0 Å². The summed E-state index contributed by atoms with van der Waals surface area (Å²) in [5, 5.41) is 3.90. The van der Waals surface area contributed by atoms with Gasteiger partial charge in [0.05, 0.1) is 6.61 Å². The fraction of sp³-hybridized carbons (Fsp3) is 0.304. The molecule has 4 rings (SSSR count). The third kappa shape index (κ3) is 4.25. The molecule has 2 heterocycles. The first kappa shape index (κ1) is 19.8. The van der Waals surface area contributed by atoms with Gasteiger partial charge in [-0.15, -0.1) is 0 Å². The number of fused-ring (bicyclic) bond motifs is 1. The molecule has 0 saturated carbocycles. The molecule has 7 nitrogen and oxygen atoms in total. The summed E-state index contributed by atoms with van der Waals surface area (Å²) < 4.78 is 5.52. The molecule has 2 N–H and O–H groups in total. The number of carbonyl (C=O) groups is 2. The van der Waals surface area contributed by atoms with Gasteiger partial charge in [-0.05, 0) is 49.7 Å². The summed E-state index contributed by atoms with van der Waals surface area (Å²) in [6.07, 6.45) is 0. The first-order valence-corrected chi connectivity index (χ1v) is 10.2.